The molecule has 4 nitrogen and oxygen atoms in total. The number of carbonyl (C=O) groups excluding carboxylic acids is 1. The lowest BCUT2D eigenvalue weighted by molar-refractivity contribution is 0.0776. The van der Waals surface area contributed by atoms with Crippen LogP contribution in [0.2, 0.25) is 5.02 Å². The van der Waals surface area contributed by atoms with E-state index in [1.165, 1.54) is 0 Å². The van der Waals surface area contributed by atoms with Gasteiger partial charge in [0.15, 0.2) is 0 Å². The van der Waals surface area contributed by atoms with Crippen molar-refractivity contribution in [3.8, 4) is 0 Å². The highest BCUT2D eigenvalue weighted by Gasteiger charge is 2.17. The Morgan fingerprint density at radius 3 is 2.82 bits per heavy atom. The standard InChI is InChI=1S/C17H16ClN3O/c1-20-11-14(18)9-15(20)17(22)21(2)10-13-6-3-5-12-7-4-8-19-16(12)13/h3-9,11H,10H2,1-2H3. The Morgan fingerprint density at radius 1 is 1.32 bits per heavy atom. The van der Waals surface area contributed by atoms with Crippen molar-refractivity contribution in [3.05, 3.63) is 65.1 Å². The summed E-state index contributed by atoms with van der Waals surface area (Å²) in [5, 5.41) is 1.63. The first-order valence-electron chi connectivity index (χ1n) is 6.96. The highest BCUT2D eigenvalue weighted by molar-refractivity contribution is 6.31. The topological polar surface area (TPSA) is 38.1 Å². The maximum absolute atomic E-state index is 12.5. The molecule has 0 N–H and O–H groups in total. The van der Waals surface area contributed by atoms with Crippen molar-refractivity contribution in [2.45, 2.75) is 6.54 Å². The van der Waals surface area contributed by atoms with Crippen molar-refractivity contribution in [1.82, 2.24) is 14.5 Å². The van der Waals surface area contributed by atoms with Crippen LogP contribution in [-0.4, -0.2) is 27.4 Å². The van der Waals surface area contributed by atoms with Gasteiger partial charge in [-0.25, -0.2) is 0 Å². The molecular weight excluding hydrogens is 298 g/mol. The Hall–Kier alpha value is -2.33. The van der Waals surface area contributed by atoms with E-state index in [-0.39, 0.29) is 5.91 Å². The van der Waals surface area contributed by atoms with Crippen LogP contribution < -0.4 is 0 Å². The molecule has 112 valence electrons. The number of para-hydroxylation sites is 1. The van der Waals surface area contributed by atoms with E-state index >= 15 is 0 Å². The van der Waals surface area contributed by atoms with Gasteiger partial charge in [-0.3, -0.25) is 9.78 Å². The Morgan fingerprint density at radius 2 is 2.09 bits per heavy atom. The van der Waals surface area contributed by atoms with Gasteiger partial charge < -0.3 is 9.47 Å². The number of rotatable bonds is 3. The molecule has 0 aliphatic rings. The van der Waals surface area contributed by atoms with Crippen molar-refractivity contribution < 1.29 is 4.79 Å². The predicted molar refractivity (Wildman–Crippen MR) is 88.0 cm³/mol. The van der Waals surface area contributed by atoms with E-state index in [4.69, 9.17) is 11.6 Å². The molecule has 1 aromatic carbocycles. The van der Waals surface area contributed by atoms with Crippen LogP contribution >= 0.6 is 11.6 Å². The molecule has 22 heavy (non-hydrogen) atoms. The molecule has 1 amide bonds. The monoisotopic (exact) mass is 313 g/mol. The van der Waals surface area contributed by atoms with Crippen LogP contribution in [0.3, 0.4) is 0 Å². The number of hydrogen-bond acceptors (Lipinski definition) is 2. The molecule has 0 atom stereocenters. The molecule has 0 saturated heterocycles. The van der Waals surface area contributed by atoms with E-state index in [0.717, 1.165) is 16.5 Å². The first kappa shape index (κ1) is 14.6. The summed E-state index contributed by atoms with van der Waals surface area (Å²) in [6.07, 6.45) is 3.49. The van der Waals surface area contributed by atoms with Gasteiger partial charge in [-0.05, 0) is 17.7 Å². The average Bonchev–Trinajstić information content (AvgIpc) is 2.85. The number of aromatic nitrogens is 2. The molecule has 0 spiro atoms. The molecule has 0 fully saturated rings. The number of hydrogen-bond donors (Lipinski definition) is 0. The van der Waals surface area contributed by atoms with E-state index in [2.05, 4.69) is 4.98 Å². The third kappa shape index (κ3) is 2.70. The van der Waals surface area contributed by atoms with Crippen LogP contribution in [0.5, 0.6) is 0 Å². The fraction of sp³-hybridized carbons (Fsp3) is 0.176. The lowest BCUT2D eigenvalue weighted by Crippen LogP contribution is -2.27. The van der Waals surface area contributed by atoms with Crippen LogP contribution in [0.1, 0.15) is 16.1 Å². The first-order valence-corrected chi connectivity index (χ1v) is 7.34. The Labute approximate surface area is 133 Å². The maximum Gasteiger partial charge on any atom is 0.270 e. The largest absolute Gasteiger partial charge is 0.345 e. The van der Waals surface area contributed by atoms with Gasteiger partial charge in [0.25, 0.3) is 5.91 Å². The fourth-order valence-electron chi connectivity index (χ4n) is 2.55. The second-order valence-corrected chi connectivity index (χ2v) is 5.74. The highest BCUT2D eigenvalue weighted by Crippen LogP contribution is 2.19. The second-order valence-electron chi connectivity index (χ2n) is 5.31. The zero-order valence-corrected chi connectivity index (χ0v) is 13.2. The summed E-state index contributed by atoms with van der Waals surface area (Å²) in [6, 6.07) is 11.6. The summed E-state index contributed by atoms with van der Waals surface area (Å²) < 4.78 is 1.74. The number of carbonyl (C=O) groups is 1. The van der Waals surface area contributed by atoms with Gasteiger partial charge >= 0.3 is 0 Å². The first-order chi connectivity index (χ1) is 10.6. The number of amides is 1. The van der Waals surface area contributed by atoms with Gasteiger partial charge in [0.05, 0.1) is 10.5 Å². The Kier molecular flexibility index (Phi) is 3.86. The molecule has 0 unspecified atom stereocenters. The van der Waals surface area contributed by atoms with Crippen molar-refractivity contribution >= 4 is 28.4 Å². The minimum absolute atomic E-state index is 0.0673. The van der Waals surface area contributed by atoms with Gasteiger partial charge in [-0.15, -0.1) is 0 Å². The van der Waals surface area contributed by atoms with Crippen molar-refractivity contribution in [1.29, 1.82) is 0 Å². The molecule has 2 aromatic heterocycles. The summed E-state index contributed by atoms with van der Waals surface area (Å²) in [7, 11) is 3.59. The van der Waals surface area contributed by atoms with Crippen LogP contribution in [0.15, 0.2) is 48.8 Å². The van der Waals surface area contributed by atoms with Crippen molar-refractivity contribution in [3.63, 3.8) is 0 Å². The molecule has 0 aliphatic heterocycles. The van der Waals surface area contributed by atoms with E-state index in [1.807, 2.05) is 37.4 Å². The average molecular weight is 314 g/mol. The van der Waals surface area contributed by atoms with E-state index in [0.29, 0.717) is 17.3 Å². The Bertz CT molecular complexity index is 836. The fourth-order valence-corrected chi connectivity index (χ4v) is 2.80. The lowest BCUT2D eigenvalue weighted by atomic mass is 10.1. The van der Waals surface area contributed by atoms with E-state index in [1.54, 1.807) is 35.0 Å². The normalized spacial score (nSPS) is 10.9. The number of benzene rings is 1. The predicted octanol–water partition coefficient (Wildman–Crippen LogP) is 3.50. The van der Waals surface area contributed by atoms with Crippen molar-refractivity contribution in [2.75, 3.05) is 7.05 Å². The summed E-state index contributed by atoms with van der Waals surface area (Å²) in [5.74, 6) is -0.0673. The lowest BCUT2D eigenvalue weighted by Gasteiger charge is -2.18. The minimum Gasteiger partial charge on any atom is -0.345 e. The van der Waals surface area contributed by atoms with E-state index < -0.39 is 0 Å². The van der Waals surface area contributed by atoms with Crippen LogP contribution in [0, 0.1) is 0 Å². The smallest absolute Gasteiger partial charge is 0.270 e. The van der Waals surface area contributed by atoms with Gasteiger partial charge in [-0.1, -0.05) is 35.9 Å². The molecule has 0 bridgehead atoms. The number of fused-ring (bicyclic) bond motifs is 1. The SMILES string of the molecule is CN(Cc1cccc2cccnc12)C(=O)c1cc(Cl)cn1C. The third-order valence-electron chi connectivity index (χ3n) is 3.66. The quantitative estimate of drug-likeness (QED) is 0.742. The molecule has 2 heterocycles. The van der Waals surface area contributed by atoms with E-state index in [9.17, 15) is 4.79 Å². The van der Waals surface area contributed by atoms with Gasteiger partial charge in [0.2, 0.25) is 0 Å². The number of nitrogens with zero attached hydrogens (tertiary/aromatic N) is 3. The molecule has 0 aliphatic carbocycles. The summed E-state index contributed by atoms with van der Waals surface area (Å²) in [6.45, 7) is 0.496. The van der Waals surface area contributed by atoms with Crippen LogP contribution in [-0.2, 0) is 13.6 Å². The maximum atomic E-state index is 12.5. The minimum atomic E-state index is -0.0673. The Balaban J connectivity index is 1.88. The second kappa shape index (κ2) is 5.81. The zero-order chi connectivity index (χ0) is 15.7. The van der Waals surface area contributed by atoms with Gasteiger partial charge in [0, 0.05) is 38.4 Å². The third-order valence-corrected chi connectivity index (χ3v) is 3.87. The molecule has 0 saturated carbocycles. The van der Waals surface area contributed by atoms with Crippen LogP contribution in [0.4, 0.5) is 0 Å². The summed E-state index contributed by atoms with van der Waals surface area (Å²) in [4.78, 5) is 18.6. The van der Waals surface area contributed by atoms with Crippen molar-refractivity contribution in [2.24, 2.45) is 7.05 Å². The number of pyridine rings is 1. The zero-order valence-electron chi connectivity index (χ0n) is 12.5. The molecular formula is C17H16ClN3O. The van der Waals surface area contributed by atoms with Crippen LogP contribution in [0.25, 0.3) is 10.9 Å². The molecule has 0 radical (unpaired) electrons. The summed E-state index contributed by atoms with van der Waals surface area (Å²) in [5.41, 5.74) is 2.52. The van der Waals surface area contributed by atoms with Gasteiger partial charge in [0.1, 0.15) is 5.69 Å². The number of aryl methyl sites for hydroxylation is 1. The highest BCUT2D eigenvalue weighted by atomic mass is 35.5. The number of halogens is 1. The van der Waals surface area contributed by atoms with Gasteiger partial charge in [-0.2, -0.15) is 0 Å². The molecule has 3 aromatic rings. The molecule has 3 rings (SSSR count). The molecule has 5 heteroatoms. The summed E-state index contributed by atoms with van der Waals surface area (Å²) >= 11 is 5.95.